The van der Waals surface area contributed by atoms with Gasteiger partial charge in [0.05, 0.1) is 0 Å². The van der Waals surface area contributed by atoms with Crippen LogP contribution in [0.1, 0.15) is 12.7 Å². The minimum absolute atomic E-state index is 0.767. The molecule has 0 unspecified atom stereocenters. The van der Waals surface area contributed by atoms with Crippen molar-refractivity contribution in [2.75, 3.05) is 23.8 Å². The largest absolute Gasteiger partial charge is 0.445 e. The second-order valence-electron chi connectivity index (χ2n) is 3.74. The molecule has 17 heavy (non-hydrogen) atoms. The number of hydrogen-bond acceptors (Lipinski definition) is 5. The second kappa shape index (κ2) is 4.86. The average molecular weight is 232 g/mol. The lowest BCUT2D eigenvalue weighted by atomic mass is 10.4. The molecule has 5 heteroatoms. The van der Waals surface area contributed by atoms with Crippen molar-refractivity contribution >= 4 is 17.5 Å². The van der Waals surface area contributed by atoms with E-state index in [1.54, 1.807) is 6.33 Å². The van der Waals surface area contributed by atoms with Gasteiger partial charge in [-0.15, -0.1) is 0 Å². The minimum atomic E-state index is 0.767. The highest BCUT2D eigenvalue weighted by molar-refractivity contribution is 5.57. The molecule has 0 radical (unpaired) electrons. The molecule has 5 nitrogen and oxygen atoms in total. The molecular formula is C12H16N4O. The van der Waals surface area contributed by atoms with Crippen molar-refractivity contribution in [1.82, 2.24) is 9.97 Å². The third-order valence-electron chi connectivity index (χ3n) is 2.41. The molecule has 0 aliphatic rings. The average Bonchev–Trinajstić information content (AvgIpc) is 2.76. The van der Waals surface area contributed by atoms with Crippen LogP contribution >= 0.6 is 0 Å². The molecule has 0 spiro atoms. The highest BCUT2D eigenvalue weighted by Crippen LogP contribution is 2.24. The molecule has 0 atom stereocenters. The maximum Gasteiger partial charge on any atom is 0.200 e. The van der Waals surface area contributed by atoms with E-state index in [9.17, 15) is 0 Å². The van der Waals surface area contributed by atoms with Gasteiger partial charge < -0.3 is 9.73 Å². The number of nitrogens with zero attached hydrogens (tertiary/aromatic N) is 3. The summed E-state index contributed by atoms with van der Waals surface area (Å²) in [5, 5.41) is 3.15. The molecule has 0 aliphatic carbocycles. The third kappa shape index (κ3) is 2.55. The van der Waals surface area contributed by atoms with Crippen molar-refractivity contribution in [2.24, 2.45) is 0 Å². The Morgan fingerprint density at radius 1 is 1.35 bits per heavy atom. The van der Waals surface area contributed by atoms with E-state index in [0.717, 1.165) is 29.8 Å². The van der Waals surface area contributed by atoms with Gasteiger partial charge in [-0.05, 0) is 19.9 Å². The van der Waals surface area contributed by atoms with Crippen LogP contribution in [0.4, 0.5) is 17.5 Å². The van der Waals surface area contributed by atoms with Gasteiger partial charge in [0.2, 0.25) is 5.88 Å². The topological polar surface area (TPSA) is 54.2 Å². The Morgan fingerprint density at radius 3 is 2.82 bits per heavy atom. The van der Waals surface area contributed by atoms with Crippen LogP contribution in [0.3, 0.4) is 0 Å². The zero-order valence-electron chi connectivity index (χ0n) is 10.3. The highest BCUT2D eigenvalue weighted by atomic mass is 16.4. The quantitative estimate of drug-likeness (QED) is 0.878. The van der Waals surface area contributed by atoms with Crippen molar-refractivity contribution in [3.8, 4) is 0 Å². The number of aryl methyl sites for hydroxylation is 1. The third-order valence-corrected chi connectivity index (χ3v) is 2.41. The number of hydrogen-bond donors (Lipinski definition) is 1. The van der Waals surface area contributed by atoms with Crippen molar-refractivity contribution in [3.63, 3.8) is 0 Å². The summed E-state index contributed by atoms with van der Waals surface area (Å²) in [6.07, 6.45) is 1.54. The van der Waals surface area contributed by atoms with Gasteiger partial charge in [0.25, 0.3) is 0 Å². The van der Waals surface area contributed by atoms with E-state index in [4.69, 9.17) is 4.42 Å². The molecule has 2 heterocycles. The van der Waals surface area contributed by atoms with E-state index in [-0.39, 0.29) is 0 Å². The predicted octanol–water partition coefficient (Wildman–Crippen LogP) is 2.58. The molecule has 0 aromatic carbocycles. The number of aromatic nitrogens is 2. The van der Waals surface area contributed by atoms with Crippen molar-refractivity contribution in [2.45, 2.75) is 13.8 Å². The van der Waals surface area contributed by atoms with Crippen molar-refractivity contribution in [1.29, 1.82) is 0 Å². The Labute approximate surface area is 100 Å². The Balaban J connectivity index is 2.24. The highest BCUT2D eigenvalue weighted by Gasteiger charge is 2.09. The summed E-state index contributed by atoms with van der Waals surface area (Å²) >= 11 is 0. The fraction of sp³-hybridized carbons (Fsp3) is 0.333. The van der Waals surface area contributed by atoms with Crippen molar-refractivity contribution < 1.29 is 4.42 Å². The monoisotopic (exact) mass is 232 g/mol. The van der Waals surface area contributed by atoms with Crippen LogP contribution in [0.25, 0.3) is 0 Å². The van der Waals surface area contributed by atoms with Crippen molar-refractivity contribution in [3.05, 3.63) is 30.3 Å². The SMILES string of the molecule is CCNc1cc(N(C)c2ccc(C)o2)ncn1. The first-order valence-corrected chi connectivity index (χ1v) is 5.56. The normalized spacial score (nSPS) is 10.3. The molecular weight excluding hydrogens is 216 g/mol. The number of anilines is 3. The van der Waals surface area contributed by atoms with Crippen LogP contribution in [0.5, 0.6) is 0 Å². The van der Waals surface area contributed by atoms with E-state index >= 15 is 0 Å². The minimum Gasteiger partial charge on any atom is -0.445 e. The van der Waals surface area contributed by atoms with Gasteiger partial charge in [0.15, 0.2) is 0 Å². The maximum absolute atomic E-state index is 5.54. The van der Waals surface area contributed by atoms with Crippen LogP contribution in [0, 0.1) is 6.92 Å². The smallest absolute Gasteiger partial charge is 0.200 e. The van der Waals surface area contributed by atoms with Crippen LogP contribution in [-0.2, 0) is 0 Å². The lowest BCUT2D eigenvalue weighted by Crippen LogP contribution is -2.11. The summed E-state index contributed by atoms with van der Waals surface area (Å²) in [6.45, 7) is 4.78. The molecule has 90 valence electrons. The van der Waals surface area contributed by atoms with Gasteiger partial charge in [0.1, 0.15) is 23.7 Å². The summed E-state index contributed by atoms with van der Waals surface area (Å²) in [5.41, 5.74) is 0. The Bertz CT molecular complexity index is 495. The molecule has 0 fully saturated rings. The van der Waals surface area contributed by atoms with Gasteiger partial charge in [-0.1, -0.05) is 0 Å². The fourth-order valence-corrected chi connectivity index (χ4v) is 1.52. The van der Waals surface area contributed by atoms with Gasteiger partial charge in [-0.2, -0.15) is 0 Å². The predicted molar refractivity (Wildman–Crippen MR) is 67.7 cm³/mol. The van der Waals surface area contributed by atoms with Gasteiger partial charge in [-0.25, -0.2) is 9.97 Å². The van der Waals surface area contributed by atoms with Crippen LogP contribution < -0.4 is 10.2 Å². The first kappa shape index (κ1) is 11.4. The molecule has 1 N–H and O–H groups in total. The number of nitrogens with one attached hydrogen (secondary N) is 1. The van der Waals surface area contributed by atoms with E-state index in [1.165, 1.54) is 0 Å². The zero-order valence-corrected chi connectivity index (χ0v) is 10.3. The molecule has 2 aromatic heterocycles. The van der Waals surface area contributed by atoms with E-state index < -0.39 is 0 Å². The van der Waals surface area contributed by atoms with E-state index in [1.807, 2.05) is 44.0 Å². The molecule has 0 saturated carbocycles. The molecule has 0 saturated heterocycles. The Morgan fingerprint density at radius 2 is 2.18 bits per heavy atom. The number of rotatable bonds is 4. The summed E-state index contributed by atoms with van der Waals surface area (Å²) in [6, 6.07) is 5.74. The second-order valence-corrected chi connectivity index (χ2v) is 3.74. The van der Waals surface area contributed by atoms with Gasteiger partial charge in [0, 0.05) is 25.7 Å². The van der Waals surface area contributed by atoms with E-state index in [0.29, 0.717) is 0 Å². The summed E-state index contributed by atoms with van der Waals surface area (Å²) in [4.78, 5) is 10.2. The summed E-state index contributed by atoms with van der Waals surface area (Å²) < 4.78 is 5.54. The molecule has 2 aromatic rings. The van der Waals surface area contributed by atoms with E-state index in [2.05, 4.69) is 15.3 Å². The van der Waals surface area contributed by atoms with Crippen LogP contribution in [0.2, 0.25) is 0 Å². The first-order chi connectivity index (χ1) is 8.20. The maximum atomic E-state index is 5.54. The molecule has 0 bridgehead atoms. The molecule has 2 rings (SSSR count). The molecule has 0 aliphatic heterocycles. The Hall–Kier alpha value is -2.04. The lowest BCUT2D eigenvalue weighted by molar-refractivity contribution is 0.537. The standard InChI is InChI=1S/C12H16N4O/c1-4-13-10-7-11(15-8-14-10)16(3)12-6-5-9(2)17-12/h5-8H,4H2,1-3H3,(H,13,14,15). The van der Waals surface area contributed by atoms with Crippen LogP contribution in [0.15, 0.2) is 28.9 Å². The van der Waals surface area contributed by atoms with Crippen LogP contribution in [-0.4, -0.2) is 23.6 Å². The summed E-state index contributed by atoms with van der Waals surface area (Å²) in [5.74, 6) is 3.26. The molecule has 0 amide bonds. The van der Waals surface area contributed by atoms with Gasteiger partial charge >= 0.3 is 0 Å². The first-order valence-electron chi connectivity index (χ1n) is 5.56. The lowest BCUT2D eigenvalue weighted by Gasteiger charge is -2.15. The Kier molecular flexibility index (Phi) is 3.27. The summed E-state index contributed by atoms with van der Waals surface area (Å²) in [7, 11) is 1.91. The fourth-order valence-electron chi connectivity index (χ4n) is 1.52. The number of furan rings is 1. The van der Waals surface area contributed by atoms with Gasteiger partial charge in [-0.3, -0.25) is 4.90 Å². The zero-order chi connectivity index (χ0) is 12.3.